The van der Waals surface area contributed by atoms with Crippen LogP contribution in [0, 0.1) is 13.8 Å². The van der Waals surface area contributed by atoms with Gasteiger partial charge in [0.25, 0.3) is 0 Å². The van der Waals surface area contributed by atoms with Gasteiger partial charge in [-0.3, -0.25) is 0 Å². The summed E-state index contributed by atoms with van der Waals surface area (Å²) in [7, 11) is 0. The van der Waals surface area contributed by atoms with E-state index in [0.29, 0.717) is 12.8 Å². The molecule has 0 amide bonds. The number of aryl methyl sites for hydroxylation is 2. The van der Waals surface area contributed by atoms with Gasteiger partial charge in [-0.2, -0.15) is 0 Å². The molecule has 0 aliphatic rings. The first-order valence-electron chi connectivity index (χ1n) is 8.44. The predicted molar refractivity (Wildman–Crippen MR) is 101 cm³/mol. The molecule has 4 N–H and O–H groups in total. The van der Waals surface area contributed by atoms with Gasteiger partial charge in [0.1, 0.15) is 23.0 Å². The van der Waals surface area contributed by atoms with Crippen molar-refractivity contribution in [1.29, 1.82) is 0 Å². The fraction of sp³-hybridized carbons (Fsp3) is 0.182. The first kappa shape index (κ1) is 17.7. The maximum Gasteiger partial charge on any atom is 0.122 e. The van der Waals surface area contributed by atoms with Crippen LogP contribution in [0.1, 0.15) is 33.4 Å². The standard InChI is InChI=1S/C22H22O4/c1-13-7-17(21(25)11-19(13)23)9-15-3-5-16(6-4-15)10-18-8-14(2)20(24)12-22(18)26/h3-8,11-12,23-26H,9-10H2,1-2H3. The molecule has 0 aliphatic heterocycles. The average Bonchev–Trinajstić information content (AvgIpc) is 2.59. The molecule has 0 saturated heterocycles. The second-order valence-electron chi connectivity index (χ2n) is 6.70. The molecule has 0 fully saturated rings. The van der Waals surface area contributed by atoms with Gasteiger partial charge in [-0.1, -0.05) is 24.3 Å². The Labute approximate surface area is 152 Å². The number of aromatic hydroxyl groups is 4. The van der Waals surface area contributed by atoms with Gasteiger partial charge in [0, 0.05) is 25.0 Å². The van der Waals surface area contributed by atoms with Crippen molar-refractivity contribution in [2.24, 2.45) is 0 Å². The molecule has 0 saturated carbocycles. The van der Waals surface area contributed by atoms with Gasteiger partial charge < -0.3 is 20.4 Å². The molecule has 3 aromatic rings. The van der Waals surface area contributed by atoms with E-state index in [0.717, 1.165) is 33.4 Å². The van der Waals surface area contributed by atoms with E-state index in [1.165, 1.54) is 12.1 Å². The Kier molecular flexibility index (Phi) is 4.76. The van der Waals surface area contributed by atoms with Crippen molar-refractivity contribution < 1.29 is 20.4 Å². The topological polar surface area (TPSA) is 80.9 Å². The first-order chi connectivity index (χ1) is 12.3. The third-order valence-electron chi connectivity index (χ3n) is 4.61. The summed E-state index contributed by atoms with van der Waals surface area (Å²) in [6.07, 6.45) is 1.13. The summed E-state index contributed by atoms with van der Waals surface area (Å²) >= 11 is 0. The second kappa shape index (κ2) is 7.00. The van der Waals surface area contributed by atoms with E-state index in [1.54, 1.807) is 26.0 Å². The van der Waals surface area contributed by atoms with Crippen molar-refractivity contribution in [3.8, 4) is 23.0 Å². The van der Waals surface area contributed by atoms with E-state index >= 15 is 0 Å². The zero-order valence-corrected chi connectivity index (χ0v) is 14.8. The summed E-state index contributed by atoms with van der Waals surface area (Å²) < 4.78 is 0. The van der Waals surface area contributed by atoms with Gasteiger partial charge in [0.15, 0.2) is 0 Å². The molecule has 26 heavy (non-hydrogen) atoms. The van der Waals surface area contributed by atoms with Crippen molar-refractivity contribution in [2.45, 2.75) is 26.7 Å². The largest absolute Gasteiger partial charge is 0.508 e. The van der Waals surface area contributed by atoms with Crippen molar-refractivity contribution >= 4 is 0 Å². The van der Waals surface area contributed by atoms with Crippen LogP contribution >= 0.6 is 0 Å². The molecule has 3 rings (SSSR count). The van der Waals surface area contributed by atoms with Crippen LogP contribution < -0.4 is 0 Å². The van der Waals surface area contributed by atoms with Crippen LogP contribution in [-0.4, -0.2) is 20.4 Å². The van der Waals surface area contributed by atoms with Crippen LogP contribution in [0.15, 0.2) is 48.5 Å². The lowest BCUT2D eigenvalue weighted by Crippen LogP contribution is -1.93. The Morgan fingerprint density at radius 1 is 0.538 bits per heavy atom. The number of phenolic OH excluding ortho intramolecular Hbond substituents is 4. The summed E-state index contributed by atoms with van der Waals surface area (Å²) in [5, 5.41) is 39.3. The summed E-state index contributed by atoms with van der Waals surface area (Å²) in [4.78, 5) is 0. The normalized spacial score (nSPS) is 10.8. The molecule has 134 valence electrons. The molecule has 0 spiro atoms. The summed E-state index contributed by atoms with van der Waals surface area (Å²) in [6, 6.07) is 14.3. The molecular weight excluding hydrogens is 328 g/mol. The SMILES string of the molecule is Cc1cc(Cc2ccc(Cc3cc(C)c(O)cc3O)cc2)c(O)cc1O. The second-order valence-corrected chi connectivity index (χ2v) is 6.70. The van der Waals surface area contributed by atoms with Crippen molar-refractivity contribution in [2.75, 3.05) is 0 Å². The molecule has 0 unspecified atom stereocenters. The molecule has 0 atom stereocenters. The summed E-state index contributed by atoms with van der Waals surface area (Å²) in [6.45, 7) is 3.60. The fourth-order valence-electron chi connectivity index (χ4n) is 2.99. The van der Waals surface area contributed by atoms with E-state index in [1.807, 2.05) is 24.3 Å². The van der Waals surface area contributed by atoms with Crippen LogP contribution in [-0.2, 0) is 12.8 Å². The monoisotopic (exact) mass is 350 g/mol. The first-order valence-corrected chi connectivity index (χ1v) is 8.44. The molecule has 0 radical (unpaired) electrons. The van der Waals surface area contributed by atoms with E-state index in [-0.39, 0.29) is 23.0 Å². The zero-order chi connectivity index (χ0) is 18.8. The number of hydrogen-bond acceptors (Lipinski definition) is 4. The van der Waals surface area contributed by atoms with Gasteiger partial charge in [-0.15, -0.1) is 0 Å². The highest BCUT2D eigenvalue weighted by Gasteiger charge is 2.09. The Bertz CT molecular complexity index is 865. The smallest absolute Gasteiger partial charge is 0.122 e. The summed E-state index contributed by atoms with van der Waals surface area (Å²) in [5.41, 5.74) is 5.07. The molecule has 0 aromatic heterocycles. The highest BCUT2D eigenvalue weighted by atomic mass is 16.3. The van der Waals surface area contributed by atoms with Gasteiger partial charge in [-0.05, 0) is 59.4 Å². The Morgan fingerprint density at radius 3 is 1.23 bits per heavy atom. The summed E-state index contributed by atoms with van der Waals surface area (Å²) in [5.74, 6) is 0.347. The zero-order valence-electron chi connectivity index (χ0n) is 14.8. The highest BCUT2D eigenvalue weighted by Crippen LogP contribution is 2.30. The molecular formula is C22H22O4. The minimum absolute atomic E-state index is 0.0849. The van der Waals surface area contributed by atoms with Crippen molar-refractivity contribution in [3.63, 3.8) is 0 Å². The maximum atomic E-state index is 10.00. The van der Waals surface area contributed by atoms with E-state index < -0.39 is 0 Å². The average molecular weight is 350 g/mol. The quantitative estimate of drug-likeness (QED) is 0.565. The van der Waals surface area contributed by atoms with E-state index in [2.05, 4.69) is 0 Å². The van der Waals surface area contributed by atoms with Crippen LogP contribution in [0.25, 0.3) is 0 Å². The Morgan fingerprint density at radius 2 is 0.885 bits per heavy atom. The van der Waals surface area contributed by atoms with Crippen molar-refractivity contribution in [3.05, 3.63) is 81.9 Å². The lowest BCUT2D eigenvalue weighted by molar-refractivity contribution is 0.443. The van der Waals surface area contributed by atoms with Gasteiger partial charge >= 0.3 is 0 Å². The van der Waals surface area contributed by atoms with Gasteiger partial charge in [0.2, 0.25) is 0 Å². The Balaban J connectivity index is 1.77. The van der Waals surface area contributed by atoms with Crippen LogP contribution in [0.2, 0.25) is 0 Å². The van der Waals surface area contributed by atoms with Gasteiger partial charge in [-0.25, -0.2) is 0 Å². The predicted octanol–water partition coefficient (Wildman–Crippen LogP) is 4.31. The number of rotatable bonds is 4. The molecule has 3 aromatic carbocycles. The maximum absolute atomic E-state index is 10.00. The third kappa shape index (κ3) is 3.75. The Hall–Kier alpha value is -3.14. The highest BCUT2D eigenvalue weighted by molar-refractivity contribution is 5.48. The lowest BCUT2D eigenvalue weighted by atomic mass is 9.98. The van der Waals surface area contributed by atoms with Crippen molar-refractivity contribution in [1.82, 2.24) is 0 Å². The number of benzene rings is 3. The van der Waals surface area contributed by atoms with E-state index in [9.17, 15) is 20.4 Å². The minimum atomic E-state index is 0.0849. The lowest BCUT2D eigenvalue weighted by Gasteiger charge is -2.10. The third-order valence-corrected chi connectivity index (χ3v) is 4.61. The molecule has 4 heteroatoms. The molecule has 0 heterocycles. The number of phenols is 4. The minimum Gasteiger partial charge on any atom is -0.508 e. The van der Waals surface area contributed by atoms with Crippen LogP contribution in [0.5, 0.6) is 23.0 Å². The fourth-order valence-corrected chi connectivity index (χ4v) is 2.99. The molecule has 0 bridgehead atoms. The van der Waals surface area contributed by atoms with E-state index in [4.69, 9.17) is 0 Å². The number of hydrogen-bond donors (Lipinski definition) is 4. The van der Waals surface area contributed by atoms with Crippen LogP contribution in [0.3, 0.4) is 0 Å². The van der Waals surface area contributed by atoms with Crippen LogP contribution in [0.4, 0.5) is 0 Å². The van der Waals surface area contributed by atoms with Gasteiger partial charge in [0.05, 0.1) is 0 Å². The molecule has 4 nitrogen and oxygen atoms in total. The molecule has 0 aliphatic carbocycles.